The van der Waals surface area contributed by atoms with E-state index in [0.29, 0.717) is 5.56 Å². The maximum Gasteiger partial charge on any atom is 0.416 e. The van der Waals surface area contributed by atoms with E-state index in [4.69, 9.17) is 0 Å². The van der Waals surface area contributed by atoms with Crippen molar-refractivity contribution in [3.63, 3.8) is 0 Å². The molecule has 136 valence electrons. The van der Waals surface area contributed by atoms with Gasteiger partial charge >= 0.3 is 6.18 Å². The lowest BCUT2D eigenvalue weighted by Gasteiger charge is -2.11. The average Bonchev–Trinajstić information content (AvgIpc) is 3.11. The normalized spacial score (nSPS) is 11.8. The largest absolute Gasteiger partial charge is 0.416 e. The molecule has 0 aliphatic rings. The molecule has 4 rings (SSSR count). The van der Waals surface area contributed by atoms with E-state index in [1.807, 2.05) is 18.2 Å². The van der Waals surface area contributed by atoms with E-state index in [1.165, 1.54) is 22.8 Å². The Kier molecular flexibility index (Phi) is 4.07. The third kappa shape index (κ3) is 3.48. The SMILES string of the molecule is O=c1ccc(-c2ccc3cn[nH]c3c2)cn1Cc1ccc(C(F)(F)F)cc1. The van der Waals surface area contributed by atoms with Crippen molar-refractivity contribution in [3.05, 3.63) is 88.5 Å². The molecule has 27 heavy (non-hydrogen) atoms. The quantitative estimate of drug-likeness (QED) is 0.580. The fraction of sp³-hybridized carbons (Fsp3) is 0.100. The number of pyridine rings is 1. The van der Waals surface area contributed by atoms with Crippen LogP contribution in [0, 0.1) is 0 Å². The van der Waals surface area contributed by atoms with Crippen LogP contribution >= 0.6 is 0 Å². The van der Waals surface area contributed by atoms with E-state index in [2.05, 4.69) is 10.2 Å². The number of nitrogens with zero attached hydrogens (tertiary/aromatic N) is 2. The number of fused-ring (bicyclic) bond motifs is 1. The zero-order valence-corrected chi connectivity index (χ0v) is 14.0. The van der Waals surface area contributed by atoms with Crippen LogP contribution in [-0.4, -0.2) is 14.8 Å². The Morgan fingerprint density at radius 1 is 0.963 bits per heavy atom. The molecule has 0 radical (unpaired) electrons. The van der Waals surface area contributed by atoms with Crippen LogP contribution in [0.25, 0.3) is 22.0 Å². The van der Waals surface area contributed by atoms with Crippen molar-refractivity contribution in [3.8, 4) is 11.1 Å². The second kappa shape index (κ2) is 6.42. The van der Waals surface area contributed by atoms with E-state index >= 15 is 0 Å². The fourth-order valence-electron chi connectivity index (χ4n) is 2.94. The second-order valence-corrected chi connectivity index (χ2v) is 6.25. The Hall–Kier alpha value is -3.35. The second-order valence-electron chi connectivity index (χ2n) is 6.25. The zero-order valence-electron chi connectivity index (χ0n) is 14.0. The van der Waals surface area contributed by atoms with Crippen LogP contribution in [0.5, 0.6) is 0 Å². The number of rotatable bonds is 3. The molecule has 1 N–H and O–H groups in total. The molecule has 0 fully saturated rings. The average molecular weight is 369 g/mol. The zero-order chi connectivity index (χ0) is 19.0. The summed E-state index contributed by atoms with van der Waals surface area (Å²) in [5.41, 5.74) is 2.31. The Labute approximate surface area is 151 Å². The van der Waals surface area contributed by atoms with Crippen molar-refractivity contribution in [1.29, 1.82) is 0 Å². The molecule has 0 saturated carbocycles. The van der Waals surface area contributed by atoms with E-state index in [0.717, 1.165) is 34.2 Å². The monoisotopic (exact) mass is 369 g/mol. The Morgan fingerprint density at radius 2 is 1.70 bits per heavy atom. The minimum atomic E-state index is -4.37. The predicted molar refractivity (Wildman–Crippen MR) is 96.3 cm³/mol. The summed E-state index contributed by atoms with van der Waals surface area (Å²) in [6, 6.07) is 13.8. The van der Waals surface area contributed by atoms with Gasteiger partial charge in [-0.2, -0.15) is 18.3 Å². The summed E-state index contributed by atoms with van der Waals surface area (Å²) < 4.78 is 39.5. The molecule has 0 spiro atoms. The molecule has 7 heteroatoms. The Balaban J connectivity index is 1.65. The molecule has 0 unspecified atom stereocenters. The highest BCUT2D eigenvalue weighted by Crippen LogP contribution is 2.29. The highest BCUT2D eigenvalue weighted by Gasteiger charge is 2.29. The van der Waals surface area contributed by atoms with E-state index < -0.39 is 11.7 Å². The first-order chi connectivity index (χ1) is 12.9. The van der Waals surface area contributed by atoms with Crippen molar-refractivity contribution in [2.24, 2.45) is 0 Å². The number of halogens is 3. The maximum atomic E-state index is 12.7. The molecular weight excluding hydrogens is 355 g/mol. The summed E-state index contributed by atoms with van der Waals surface area (Å²) >= 11 is 0. The first-order valence-electron chi connectivity index (χ1n) is 8.20. The van der Waals surface area contributed by atoms with Gasteiger partial charge in [0.05, 0.1) is 23.8 Å². The summed E-state index contributed by atoms with van der Waals surface area (Å²) in [7, 11) is 0. The van der Waals surface area contributed by atoms with Gasteiger partial charge in [-0.15, -0.1) is 0 Å². The smallest absolute Gasteiger partial charge is 0.310 e. The fourth-order valence-corrected chi connectivity index (χ4v) is 2.94. The molecule has 2 aromatic carbocycles. The molecule has 0 aliphatic heterocycles. The highest BCUT2D eigenvalue weighted by atomic mass is 19.4. The molecule has 2 aromatic heterocycles. The van der Waals surface area contributed by atoms with Crippen molar-refractivity contribution in [2.45, 2.75) is 12.7 Å². The first-order valence-corrected chi connectivity index (χ1v) is 8.20. The molecule has 4 nitrogen and oxygen atoms in total. The summed E-state index contributed by atoms with van der Waals surface area (Å²) in [6.45, 7) is 0.192. The number of aromatic amines is 1. The summed E-state index contributed by atoms with van der Waals surface area (Å²) in [5.74, 6) is 0. The van der Waals surface area contributed by atoms with Crippen LogP contribution in [0.15, 0.2) is 71.8 Å². The number of alkyl halides is 3. The molecule has 0 saturated heterocycles. The van der Waals surface area contributed by atoms with E-state index in [-0.39, 0.29) is 12.1 Å². The van der Waals surface area contributed by atoms with Gasteiger partial charge in [-0.1, -0.05) is 24.3 Å². The van der Waals surface area contributed by atoms with Crippen molar-refractivity contribution in [2.75, 3.05) is 0 Å². The van der Waals surface area contributed by atoms with Gasteiger partial charge in [0, 0.05) is 17.6 Å². The lowest BCUT2D eigenvalue weighted by atomic mass is 10.1. The Bertz CT molecular complexity index is 1160. The van der Waals surface area contributed by atoms with Crippen molar-refractivity contribution < 1.29 is 13.2 Å². The number of hydrogen-bond acceptors (Lipinski definition) is 2. The number of hydrogen-bond donors (Lipinski definition) is 1. The number of nitrogens with one attached hydrogen (secondary N) is 1. The van der Waals surface area contributed by atoms with E-state index in [1.54, 1.807) is 18.5 Å². The number of benzene rings is 2. The van der Waals surface area contributed by atoms with Crippen LogP contribution in [0.2, 0.25) is 0 Å². The van der Waals surface area contributed by atoms with Gasteiger partial charge in [0.2, 0.25) is 0 Å². The number of H-pyrrole nitrogens is 1. The standard InChI is InChI=1S/C20H14F3N3O/c21-20(22,23)17-6-1-13(2-7-17)11-26-12-16(5-8-19(26)27)14-3-4-15-10-24-25-18(15)9-14/h1-10,12H,11H2,(H,24,25). The summed E-state index contributed by atoms with van der Waals surface area (Å²) in [4.78, 5) is 12.2. The molecule has 0 bridgehead atoms. The molecule has 4 aromatic rings. The van der Waals surface area contributed by atoms with Gasteiger partial charge in [-0.05, 0) is 41.0 Å². The van der Waals surface area contributed by atoms with Gasteiger partial charge in [-0.3, -0.25) is 9.89 Å². The molecular formula is C20H14F3N3O. The van der Waals surface area contributed by atoms with Crippen LogP contribution in [0.1, 0.15) is 11.1 Å². The molecule has 0 aliphatic carbocycles. The van der Waals surface area contributed by atoms with Gasteiger partial charge in [0.15, 0.2) is 0 Å². The number of aromatic nitrogens is 3. The van der Waals surface area contributed by atoms with Gasteiger partial charge in [-0.25, -0.2) is 0 Å². The maximum absolute atomic E-state index is 12.7. The van der Waals surface area contributed by atoms with Gasteiger partial charge < -0.3 is 4.57 Å². The first kappa shape index (κ1) is 17.1. The third-order valence-corrected chi connectivity index (χ3v) is 4.39. The minimum absolute atomic E-state index is 0.192. The van der Waals surface area contributed by atoms with Crippen molar-refractivity contribution in [1.82, 2.24) is 14.8 Å². The molecule has 0 atom stereocenters. The van der Waals surface area contributed by atoms with Crippen molar-refractivity contribution >= 4 is 10.9 Å². The van der Waals surface area contributed by atoms with Crippen LogP contribution < -0.4 is 5.56 Å². The lowest BCUT2D eigenvalue weighted by Crippen LogP contribution is -2.19. The van der Waals surface area contributed by atoms with Gasteiger partial charge in [0.1, 0.15) is 0 Å². The summed E-state index contributed by atoms with van der Waals surface area (Å²) in [5, 5.41) is 7.87. The lowest BCUT2D eigenvalue weighted by molar-refractivity contribution is -0.137. The van der Waals surface area contributed by atoms with Crippen LogP contribution in [0.3, 0.4) is 0 Å². The van der Waals surface area contributed by atoms with Crippen LogP contribution in [0.4, 0.5) is 13.2 Å². The Morgan fingerprint density at radius 3 is 2.44 bits per heavy atom. The molecule has 0 amide bonds. The third-order valence-electron chi connectivity index (χ3n) is 4.39. The minimum Gasteiger partial charge on any atom is -0.310 e. The molecule has 2 heterocycles. The topological polar surface area (TPSA) is 50.7 Å². The highest BCUT2D eigenvalue weighted by molar-refractivity contribution is 5.83. The van der Waals surface area contributed by atoms with Gasteiger partial charge in [0.25, 0.3) is 5.56 Å². The van der Waals surface area contributed by atoms with E-state index in [9.17, 15) is 18.0 Å². The summed E-state index contributed by atoms with van der Waals surface area (Å²) in [6.07, 6.45) is -0.942. The predicted octanol–water partition coefficient (Wildman–Crippen LogP) is 4.46. The van der Waals surface area contributed by atoms with Crippen LogP contribution in [-0.2, 0) is 12.7 Å².